The van der Waals surface area contributed by atoms with Crippen LogP contribution in [0.2, 0.25) is 10.2 Å². The fourth-order valence-electron chi connectivity index (χ4n) is 2.04. The number of hydrogen-bond acceptors (Lipinski definition) is 4. The third-order valence-corrected chi connectivity index (χ3v) is 3.45. The van der Waals surface area contributed by atoms with Crippen LogP contribution in [0.3, 0.4) is 0 Å². The summed E-state index contributed by atoms with van der Waals surface area (Å²) >= 11 is 11.6. The van der Waals surface area contributed by atoms with E-state index in [9.17, 15) is 9.59 Å². The molecule has 1 aliphatic rings. The quantitative estimate of drug-likeness (QED) is 0.800. The summed E-state index contributed by atoms with van der Waals surface area (Å²) in [6.45, 7) is 0.141. The Kier molecular flexibility index (Phi) is 3.16. The van der Waals surface area contributed by atoms with Gasteiger partial charge in [0.1, 0.15) is 5.15 Å². The summed E-state index contributed by atoms with van der Waals surface area (Å²) in [5.41, 5.74) is 1.26. The first-order valence-electron chi connectivity index (χ1n) is 5.69. The van der Waals surface area contributed by atoms with Gasteiger partial charge in [0, 0.05) is 0 Å². The number of anilines is 1. The Labute approximate surface area is 124 Å². The molecule has 0 saturated heterocycles. The van der Waals surface area contributed by atoms with Gasteiger partial charge in [-0.25, -0.2) is 4.98 Å². The minimum Gasteiger partial charge on any atom is -0.299 e. The molecular formula is C13H7Cl2N3O2. The second-order valence-electron chi connectivity index (χ2n) is 4.18. The van der Waals surface area contributed by atoms with Crippen LogP contribution in [-0.4, -0.2) is 21.7 Å². The molecule has 0 aliphatic carbocycles. The maximum absolute atomic E-state index is 12.0. The van der Waals surface area contributed by atoms with Crippen molar-refractivity contribution in [2.24, 2.45) is 0 Å². The Morgan fingerprint density at radius 2 is 1.90 bits per heavy atom. The molecule has 5 nitrogen and oxygen atoms in total. The molecule has 0 atom stereocenters. The summed E-state index contributed by atoms with van der Waals surface area (Å²) in [6.07, 6.45) is 2.85. The molecule has 2 aromatic rings. The molecule has 1 aromatic carbocycles. The van der Waals surface area contributed by atoms with Gasteiger partial charge in [-0.15, -0.1) is 0 Å². The average molecular weight is 308 g/mol. The van der Waals surface area contributed by atoms with E-state index >= 15 is 0 Å². The van der Waals surface area contributed by atoms with Crippen molar-refractivity contribution in [3.63, 3.8) is 0 Å². The highest BCUT2D eigenvalue weighted by Crippen LogP contribution is 2.34. The minimum absolute atomic E-state index is 0.141. The van der Waals surface area contributed by atoms with Gasteiger partial charge in [0.05, 0.1) is 40.9 Å². The summed E-state index contributed by atoms with van der Waals surface area (Å²) in [5, 5.41) is 0.534. The van der Waals surface area contributed by atoms with E-state index in [1.807, 2.05) is 0 Å². The first-order valence-corrected chi connectivity index (χ1v) is 6.44. The van der Waals surface area contributed by atoms with Crippen molar-refractivity contribution in [3.8, 4) is 0 Å². The Bertz CT molecular complexity index is 716. The number of amides is 1. The predicted molar refractivity (Wildman–Crippen MR) is 74.0 cm³/mol. The number of benzene rings is 1. The zero-order valence-electron chi connectivity index (χ0n) is 10.0. The number of fused-ring (bicyclic) bond motifs is 1. The number of ketones is 1. The smallest absolute Gasteiger partial charge is 0.299 e. The van der Waals surface area contributed by atoms with Crippen molar-refractivity contribution in [2.75, 3.05) is 4.90 Å². The van der Waals surface area contributed by atoms with Crippen molar-refractivity contribution in [3.05, 3.63) is 52.0 Å². The number of carbonyl (C=O) groups is 2. The van der Waals surface area contributed by atoms with Crippen molar-refractivity contribution < 1.29 is 9.59 Å². The zero-order chi connectivity index (χ0) is 14.3. The van der Waals surface area contributed by atoms with Crippen LogP contribution in [0.15, 0.2) is 30.6 Å². The van der Waals surface area contributed by atoms with Gasteiger partial charge < -0.3 is 0 Å². The molecule has 0 N–H and O–H groups in total. The van der Waals surface area contributed by atoms with Gasteiger partial charge in [0.15, 0.2) is 0 Å². The molecule has 0 saturated carbocycles. The lowest BCUT2D eigenvalue weighted by Gasteiger charge is -2.15. The number of Topliss-reactive ketones (excluding diaryl/α,β-unsaturated/α-hetero) is 1. The minimum atomic E-state index is -0.621. The van der Waals surface area contributed by atoms with Gasteiger partial charge >= 0.3 is 0 Å². The van der Waals surface area contributed by atoms with Crippen LogP contribution in [-0.2, 0) is 11.3 Å². The van der Waals surface area contributed by atoms with Crippen LogP contribution in [0.1, 0.15) is 16.1 Å². The number of nitrogens with zero attached hydrogens (tertiary/aromatic N) is 3. The van der Waals surface area contributed by atoms with E-state index in [0.717, 1.165) is 0 Å². The molecule has 0 radical (unpaired) electrons. The standard InChI is InChI=1S/C13H7Cl2N3O2/c14-8-2-1-3-9-11(8)12(19)13(20)18(9)6-7-4-17-10(15)5-16-7/h1-5H,6H2. The molecule has 2 heterocycles. The van der Waals surface area contributed by atoms with Crippen LogP contribution in [0, 0.1) is 0 Å². The van der Waals surface area contributed by atoms with E-state index in [1.165, 1.54) is 17.3 Å². The maximum atomic E-state index is 12.0. The van der Waals surface area contributed by atoms with Crippen LogP contribution in [0.25, 0.3) is 0 Å². The Morgan fingerprint density at radius 3 is 2.60 bits per heavy atom. The maximum Gasteiger partial charge on any atom is 0.299 e. The highest BCUT2D eigenvalue weighted by molar-refractivity contribution is 6.55. The molecule has 0 unspecified atom stereocenters. The van der Waals surface area contributed by atoms with E-state index in [0.29, 0.717) is 11.4 Å². The molecule has 0 bridgehead atoms. The first-order chi connectivity index (χ1) is 9.58. The lowest BCUT2D eigenvalue weighted by molar-refractivity contribution is -0.114. The number of halogens is 2. The lowest BCUT2D eigenvalue weighted by Crippen LogP contribution is -2.29. The highest BCUT2D eigenvalue weighted by Gasteiger charge is 2.37. The van der Waals surface area contributed by atoms with E-state index in [2.05, 4.69) is 9.97 Å². The fraction of sp³-hybridized carbons (Fsp3) is 0.0769. The van der Waals surface area contributed by atoms with Gasteiger partial charge in [-0.3, -0.25) is 19.5 Å². The first kappa shape index (κ1) is 13.0. The largest absolute Gasteiger partial charge is 0.299 e. The normalized spacial score (nSPS) is 13.8. The van der Waals surface area contributed by atoms with Gasteiger partial charge in [-0.2, -0.15) is 0 Å². The molecule has 1 aliphatic heterocycles. The predicted octanol–water partition coefficient (Wildman–Crippen LogP) is 2.51. The molecule has 20 heavy (non-hydrogen) atoms. The second-order valence-corrected chi connectivity index (χ2v) is 4.98. The van der Waals surface area contributed by atoms with E-state index in [4.69, 9.17) is 23.2 Å². The number of hydrogen-bond donors (Lipinski definition) is 0. The molecule has 0 spiro atoms. The Balaban J connectivity index is 1.99. The topological polar surface area (TPSA) is 63.2 Å². The van der Waals surface area contributed by atoms with E-state index < -0.39 is 11.7 Å². The molecule has 0 fully saturated rings. The number of carbonyl (C=O) groups excluding carboxylic acids is 2. The summed E-state index contributed by atoms with van der Waals surface area (Å²) < 4.78 is 0. The van der Waals surface area contributed by atoms with E-state index in [-0.39, 0.29) is 22.3 Å². The van der Waals surface area contributed by atoms with Gasteiger partial charge in [-0.05, 0) is 12.1 Å². The molecule has 100 valence electrons. The molecule has 7 heteroatoms. The van der Waals surface area contributed by atoms with Crippen molar-refractivity contribution >= 4 is 40.6 Å². The third kappa shape index (κ3) is 2.05. The van der Waals surface area contributed by atoms with Crippen LogP contribution in [0.5, 0.6) is 0 Å². The number of rotatable bonds is 2. The third-order valence-electron chi connectivity index (χ3n) is 2.94. The Hall–Kier alpha value is -1.98. The SMILES string of the molecule is O=C1C(=O)N(Cc2cnc(Cl)cn2)c2cccc(Cl)c21. The monoisotopic (exact) mass is 307 g/mol. The van der Waals surface area contributed by atoms with Gasteiger partial charge in [0.25, 0.3) is 11.7 Å². The number of aromatic nitrogens is 2. The van der Waals surface area contributed by atoms with E-state index in [1.54, 1.807) is 18.2 Å². The van der Waals surface area contributed by atoms with Crippen molar-refractivity contribution in [1.29, 1.82) is 0 Å². The fourth-order valence-corrected chi connectivity index (χ4v) is 2.39. The summed E-state index contributed by atoms with van der Waals surface area (Å²) in [4.78, 5) is 33.3. The zero-order valence-corrected chi connectivity index (χ0v) is 11.5. The van der Waals surface area contributed by atoms with Crippen LogP contribution in [0.4, 0.5) is 5.69 Å². The summed E-state index contributed by atoms with van der Waals surface area (Å²) in [7, 11) is 0. The summed E-state index contributed by atoms with van der Waals surface area (Å²) in [6, 6.07) is 4.94. The lowest BCUT2D eigenvalue weighted by atomic mass is 10.1. The average Bonchev–Trinajstić information content (AvgIpc) is 2.67. The molecular weight excluding hydrogens is 301 g/mol. The Morgan fingerprint density at radius 1 is 1.10 bits per heavy atom. The highest BCUT2D eigenvalue weighted by atomic mass is 35.5. The second kappa shape index (κ2) is 4.85. The molecule has 3 rings (SSSR count). The molecule has 1 aromatic heterocycles. The molecule has 1 amide bonds. The van der Waals surface area contributed by atoms with Gasteiger partial charge in [0.2, 0.25) is 0 Å². The van der Waals surface area contributed by atoms with Crippen LogP contribution < -0.4 is 4.90 Å². The van der Waals surface area contributed by atoms with Gasteiger partial charge in [-0.1, -0.05) is 29.3 Å². The summed E-state index contributed by atoms with van der Waals surface area (Å²) in [5.74, 6) is -1.22. The van der Waals surface area contributed by atoms with Crippen molar-refractivity contribution in [1.82, 2.24) is 9.97 Å². The van der Waals surface area contributed by atoms with Crippen LogP contribution >= 0.6 is 23.2 Å². The van der Waals surface area contributed by atoms with Crippen molar-refractivity contribution in [2.45, 2.75) is 6.54 Å².